The maximum atomic E-state index is 12.1. The Morgan fingerprint density at radius 2 is 1.85 bits per heavy atom. The average molecular weight is 283 g/mol. The number of imide groups is 1. The minimum Gasteiger partial charge on any atom is -0.439 e. The van der Waals surface area contributed by atoms with E-state index in [4.69, 9.17) is 4.74 Å². The van der Waals surface area contributed by atoms with Crippen LogP contribution in [0, 0.1) is 5.92 Å². The van der Waals surface area contributed by atoms with Gasteiger partial charge in [-0.2, -0.15) is 0 Å². The number of carbonyl (C=O) groups is 3. The summed E-state index contributed by atoms with van der Waals surface area (Å²) < 4.78 is 9.86. The quantitative estimate of drug-likeness (QED) is 0.673. The van der Waals surface area contributed by atoms with E-state index in [1.165, 1.54) is 0 Å². The van der Waals surface area contributed by atoms with Crippen molar-refractivity contribution in [2.75, 3.05) is 52.5 Å². The fourth-order valence-electron chi connectivity index (χ4n) is 2.61. The molecule has 0 bridgehead atoms. The Labute approximate surface area is 116 Å². The highest BCUT2D eigenvalue weighted by atomic mass is 16.6. The highest BCUT2D eigenvalue weighted by Crippen LogP contribution is 2.21. The molecule has 0 radical (unpaired) electrons. The van der Waals surface area contributed by atoms with Crippen LogP contribution < -0.4 is 0 Å². The predicted octanol–water partition coefficient (Wildman–Crippen LogP) is -0.651. The van der Waals surface area contributed by atoms with Gasteiger partial charge in [-0.3, -0.25) is 4.79 Å². The third kappa shape index (κ3) is 2.43. The number of likely N-dealkylation sites (tertiary alicyclic amines) is 1. The van der Waals surface area contributed by atoms with Gasteiger partial charge in [0.05, 0.1) is 13.2 Å². The third-order valence-electron chi connectivity index (χ3n) is 3.79. The summed E-state index contributed by atoms with van der Waals surface area (Å²) in [4.78, 5) is 39.5. The van der Waals surface area contributed by atoms with Gasteiger partial charge in [-0.25, -0.2) is 14.5 Å². The van der Waals surface area contributed by atoms with Crippen molar-refractivity contribution in [2.24, 2.45) is 5.92 Å². The van der Waals surface area contributed by atoms with Gasteiger partial charge >= 0.3 is 12.1 Å². The molecule has 0 spiro atoms. The second kappa shape index (κ2) is 5.28. The van der Waals surface area contributed by atoms with E-state index in [2.05, 4.69) is 4.74 Å². The van der Waals surface area contributed by atoms with Crippen LogP contribution in [0.5, 0.6) is 0 Å². The zero-order valence-corrected chi connectivity index (χ0v) is 11.1. The molecule has 3 aliphatic rings. The van der Waals surface area contributed by atoms with Gasteiger partial charge in [-0.05, 0) is 0 Å². The molecule has 4 amide bonds. The van der Waals surface area contributed by atoms with Crippen molar-refractivity contribution in [2.45, 2.75) is 0 Å². The summed E-state index contributed by atoms with van der Waals surface area (Å²) in [5.41, 5.74) is 0. The molecule has 20 heavy (non-hydrogen) atoms. The van der Waals surface area contributed by atoms with Crippen molar-refractivity contribution >= 4 is 18.0 Å². The van der Waals surface area contributed by atoms with Crippen molar-refractivity contribution in [3.05, 3.63) is 0 Å². The Hall–Kier alpha value is -1.83. The molecular formula is C12H17N3O5. The van der Waals surface area contributed by atoms with Gasteiger partial charge in [-0.15, -0.1) is 0 Å². The molecule has 0 atom stereocenters. The Morgan fingerprint density at radius 1 is 1.15 bits per heavy atom. The number of hydrogen-bond acceptors (Lipinski definition) is 5. The molecule has 0 unspecified atom stereocenters. The van der Waals surface area contributed by atoms with Crippen LogP contribution in [0.25, 0.3) is 0 Å². The second-order valence-electron chi connectivity index (χ2n) is 5.21. The molecule has 3 aliphatic heterocycles. The fourth-order valence-corrected chi connectivity index (χ4v) is 2.61. The topological polar surface area (TPSA) is 79.4 Å². The number of morpholine rings is 1. The van der Waals surface area contributed by atoms with Gasteiger partial charge in [0.1, 0.15) is 0 Å². The smallest absolute Gasteiger partial charge is 0.417 e. The van der Waals surface area contributed by atoms with Crippen molar-refractivity contribution in [1.29, 1.82) is 0 Å². The first kappa shape index (κ1) is 13.2. The van der Waals surface area contributed by atoms with Gasteiger partial charge in [0, 0.05) is 38.6 Å². The van der Waals surface area contributed by atoms with Crippen LogP contribution in [0.2, 0.25) is 0 Å². The lowest BCUT2D eigenvalue weighted by molar-refractivity contribution is -0.126. The maximum Gasteiger partial charge on any atom is 0.417 e. The summed E-state index contributed by atoms with van der Waals surface area (Å²) in [7, 11) is 0. The van der Waals surface area contributed by atoms with E-state index < -0.39 is 6.09 Å². The minimum absolute atomic E-state index is 0.0138. The third-order valence-corrected chi connectivity index (χ3v) is 3.79. The lowest BCUT2D eigenvalue weighted by Gasteiger charge is -2.43. The lowest BCUT2D eigenvalue weighted by atomic mass is 10.00. The molecule has 0 aromatic carbocycles. The van der Waals surface area contributed by atoms with E-state index in [0.29, 0.717) is 45.9 Å². The molecular weight excluding hydrogens is 266 g/mol. The van der Waals surface area contributed by atoms with Crippen LogP contribution >= 0.6 is 0 Å². The number of ether oxygens (including phenoxy) is 2. The first-order chi connectivity index (χ1) is 9.65. The van der Waals surface area contributed by atoms with Gasteiger partial charge in [0.25, 0.3) is 5.91 Å². The van der Waals surface area contributed by atoms with E-state index in [1.54, 1.807) is 9.80 Å². The van der Waals surface area contributed by atoms with Crippen LogP contribution in [0.1, 0.15) is 0 Å². The van der Waals surface area contributed by atoms with E-state index >= 15 is 0 Å². The zero-order valence-electron chi connectivity index (χ0n) is 11.1. The largest absolute Gasteiger partial charge is 0.439 e. The molecule has 0 saturated carbocycles. The highest BCUT2D eigenvalue weighted by molar-refractivity contribution is 5.97. The first-order valence-electron chi connectivity index (χ1n) is 6.74. The second-order valence-corrected chi connectivity index (χ2v) is 5.21. The van der Waals surface area contributed by atoms with Crippen molar-refractivity contribution in [1.82, 2.24) is 14.7 Å². The predicted molar refractivity (Wildman–Crippen MR) is 65.9 cm³/mol. The standard InChI is InChI=1S/C12H17N3O5/c16-10-8-20-12(18)15(10)7-9-5-14(6-9)11(17)13-1-3-19-4-2-13/h9H,1-8H2. The molecule has 3 saturated heterocycles. The SMILES string of the molecule is O=C(N1CCOCC1)N1CC(CN2C(=O)COC2=O)C1. The van der Waals surface area contributed by atoms with E-state index in [1.807, 2.05) is 0 Å². The Morgan fingerprint density at radius 3 is 2.45 bits per heavy atom. The number of urea groups is 1. The van der Waals surface area contributed by atoms with Gasteiger partial charge in [-0.1, -0.05) is 0 Å². The van der Waals surface area contributed by atoms with Crippen LogP contribution in [-0.4, -0.2) is 85.3 Å². The number of carbonyl (C=O) groups excluding carboxylic acids is 3. The highest BCUT2D eigenvalue weighted by Gasteiger charge is 2.39. The van der Waals surface area contributed by atoms with Crippen molar-refractivity contribution in [3.63, 3.8) is 0 Å². The molecule has 0 aromatic heterocycles. The first-order valence-corrected chi connectivity index (χ1v) is 6.74. The Bertz CT molecular complexity index is 413. The number of amides is 4. The normalized spacial score (nSPS) is 23.9. The monoisotopic (exact) mass is 283 g/mol. The van der Waals surface area contributed by atoms with Crippen molar-refractivity contribution in [3.8, 4) is 0 Å². The lowest BCUT2D eigenvalue weighted by Crippen LogP contribution is -2.59. The molecule has 3 heterocycles. The number of cyclic esters (lactones) is 1. The number of hydrogen-bond donors (Lipinski definition) is 0. The molecule has 8 heteroatoms. The van der Waals surface area contributed by atoms with E-state index in [-0.39, 0.29) is 24.5 Å². The molecule has 3 fully saturated rings. The molecule has 8 nitrogen and oxygen atoms in total. The number of rotatable bonds is 2. The van der Waals surface area contributed by atoms with E-state index in [9.17, 15) is 14.4 Å². The van der Waals surface area contributed by atoms with Gasteiger partial charge in [0.15, 0.2) is 6.61 Å². The summed E-state index contributed by atoms with van der Waals surface area (Å²) in [6.07, 6.45) is -0.576. The summed E-state index contributed by atoms with van der Waals surface area (Å²) in [6, 6.07) is 0.0138. The molecule has 3 rings (SSSR count). The Kier molecular flexibility index (Phi) is 3.47. The van der Waals surface area contributed by atoms with Gasteiger partial charge < -0.3 is 19.3 Å². The summed E-state index contributed by atoms with van der Waals surface area (Å²) >= 11 is 0. The molecule has 110 valence electrons. The summed E-state index contributed by atoms with van der Waals surface area (Å²) in [6.45, 7) is 3.73. The maximum absolute atomic E-state index is 12.1. The molecule has 0 aliphatic carbocycles. The van der Waals surface area contributed by atoms with Crippen molar-refractivity contribution < 1.29 is 23.9 Å². The Balaban J connectivity index is 1.45. The summed E-state index contributed by atoms with van der Waals surface area (Å²) in [5.74, 6) is -0.150. The molecule has 0 aromatic rings. The average Bonchev–Trinajstić information content (AvgIpc) is 2.73. The van der Waals surface area contributed by atoms with Crippen LogP contribution in [0.15, 0.2) is 0 Å². The minimum atomic E-state index is -0.576. The van der Waals surface area contributed by atoms with Crippen LogP contribution in [0.4, 0.5) is 9.59 Å². The van der Waals surface area contributed by atoms with E-state index in [0.717, 1.165) is 4.90 Å². The number of nitrogens with zero attached hydrogens (tertiary/aromatic N) is 3. The van der Waals surface area contributed by atoms with Gasteiger partial charge in [0.2, 0.25) is 0 Å². The van der Waals surface area contributed by atoms with Crippen LogP contribution in [-0.2, 0) is 14.3 Å². The zero-order chi connectivity index (χ0) is 14.1. The fraction of sp³-hybridized carbons (Fsp3) is 0.750. The molecule has 0 N–H and O–H groups in total. The van der Waals surface area contributed by atoms with Crippen LogP contribution in [0.3, 0.4) is 0 Å². The summed E-state index contributed by atoms with van der Waals surface area (Å²) in [5, 5.41) is 0.